The van der Waals surface area contributed by atoms with Gasteiger partial charge in [0.1, 0.15) is 0 Å². The van der Waals surface area contributed by atoms with Gasteiger partial charge in [0, 0.05) is 0 Å². The highest BCUT2D eigenvalue weighted by Crippen LogP contribution is 2.20. The Morgan fingerprint density at radius 3 is 2.72 bits per heavy atom. The van der Waals surface area contributed by atoms with E-state index in [9.17, 15) is 9.59 Å². The van der Waals surface area contributed by atoms with Crippen LogP contribution in [0.15, 0.2) is 18.2 Å². The van der Waals surface area contributed by atoms with Crippen molar-refractivity contribution in [3.63, 3.8) is 0 Å². The summed E-state index contributed by atoms with van der Waals surface area (Å²) < 4.78 is 0. The Hall–Kier alpha value is -2.48. The van der Waals surface area contributed by atoms with Gasteiger partial charge in [0.2, 0.25) is 0 Å². The molecule has 0 atom stereocenters. The standard InChI is InChI=1S/C13H14N2O3/c1-3-4-8-14-13(18)15-11-9(2)6-5-7-10(11)12(16)17/h5-7H,8H2,1-2H3,(H,16,17)(H2,14,15,18). The molecule has 5 nitrogen and oxygen atoms in total. The third kappa shape index (κ3) is 3.52. The Bertz CT molecular complexity index is 527. The van der Waals surface area contributed by atoms with Crippen molar-refractivity contribution in [1.29, 1.82) is 0 Å². The zero-order chi connectivity index (χ0) is 13.5. The Morgan fingerprint density at radius 1 is 1.39 bits per heavy atom. The summed E-state index contributed by atoms with van der Waals surface area (Å²) in [6.45, 7) is 3.62. The summed E-state index contributed by atoms with van der Waals surface area (Å²) >= 11 is 0. The summed E-state index contributed by atoms with van der Waals surface area (Å²) in [6.07, 6.45) is 0. The van der Waals surface area contributed by atoms with Crippen LogP contribution in [-0.4, -0.2) is 23.7 Å². The summed E-state index contributed by atoms with van der Waals surface area (Å²) in [5.41, 5.74) is 1.05. The highest BCUT2D eigenvalue weighted by atomic mass is 16.4. The molecule has 5 heteroatoms. The lowest BCUT2D eigenvalue weighted by Crippen LogP contribution is -2.30. The molecular weight excluding hydrogens is 232 g/mol. The Morgan fingerprint density at radius 2 is 2.11 bits per heavy atom. The van der Waals surface area contributed by atoms with Crippen LogP contribution in [0.5, 0.6) is 0 Å². The fraction of sp³-hybridized carbons (Fsp3) is 0.231. The number of carbonyl (C=O) groups is 2. The second-order valence-electron chi connectivity index (χ2n) is 3.54. The number of carboxylic acid groups (broad SMARTS) is 1. The fourth-order valence-electron chi connectivity index (χ4n) is 1.38. The zero-order valence-electron chi connectivity index (χ0n) is 10.2. The number of carboxylic acids is 1. The van der Waals surface area contributed by atoms with Gasteiger partial charge in [0.25, 0.3) is 0 Å². The normalized spacial score (nSPS) is 9.00. The topological polar surface area (TPSA) is 78.4 Å². The maximum atomic E-state index is 11.5. The van der Waals surface area contributed by atoms with Crippen molar-refractivity contribution in [2.75, 3.05) is 11.9 Å². The van der Waals surface area contributed by atoms with Crippen LogP contribution in [-0.2, 0) is 0 Å². The number of rotatable bonds is 3. The van der Waals surface area contributed by atoms with Gasteiger partial charge < -0.3 is 15.7 Å². The van der Waals surface area contributed by atoms with Crippen LogP contribution in [0.4, 0.5) is 10.5 Å². The molecule has 18 heavy (non-hydrogen) atoms. The van der Waals surface area contributed by atoms with Crippen LogP contribution in [0.3, 0.4) is 0 Å². The minimum absolute atomic E-state index is 0.0618. The summed E-state index contributed by atoms with van der Waals surface area (Å²) in [6, 6.07) is 4.32. The molecule has 1 rings (SSSR count). The maximum absolute atomic E-state index is 11.5. The van der Waals surface area contributed by atoms with Crippen molar-refractivity contribution in [3.8, 4) is 11.8 Å². The van der Waals surface area contributed by atoms with E-state index in [-0.39, 0.29) is 12.1 Å². The van der Waals surface area contributed by atoms with Crippen molar-refractivity contribution in [1.82, 2.24) is 5.32 Å². The predicted octanol–water partition coefficient (Wildman–Crippen LogP) is 1.84. The molecule has 0 aliphatic rings. The van der Waals surface area contributed by atoms with E-state index in [2.05, 4.69) is 22.5 Å². The second kappa shape index (κ2) is 6.30. The predicted molar refractivity (Wildman–Crippen MR) is 68.6 cm³/mol. The Kier molecular flexibility index (Phi) is 4.76. The van der Waals surface area contributed by atoms with Crippen molar-refractivity contribution in [2.45, 2.75) is 13.8 Å². The van der Waals surface area contributed by atoms with E-state index < -0.39 is 12.0 Å². The van der Waals surface area contributed by atoms with Gasteiger partial charge in [-0.1, -0.05) is 18.1 Å². The number of benzene rings is 1. The average molecular weight is 246 g/mol. The zero-order valence-corrected chi connectivity index (χ0v) is 10.2. The van der Waals surface area contributed by atoms with E-state index in [4.69, 9.17) is 5.11 Å². The number of aromatic carboxylic acids is 1. The highest BCUT2D eigenvalue weighted by molar-refractivity contribution is 6.01. The monoisotopic (exact) mass is 246 g/mol. The first-order valence-corrected chi connectivity index (χ1v) is 5.33. The van der Waals surface area contributed by atoms with Crippen LogP contribution >= 0.6 is 0 Å². The SMILES string of the molecule is CC#CCNC(=O)Nc1c(C)cccc1C(=O)O. The van der Waals surface area contributed by atoms with Crippen molar-refractivity contribution < 1.29 is 14.7 Å². The van der Waals surface area contributed by atoms with E-state index in [0.29, 0.717) is 11.3 Å². The minimum Gasteiger partial charge on any atom is -0.478 e. The Labute approximate surface area is 105 Å². The van der Waals surface area contributed by atoms with Gasteiger partial charge in [-0.05, 0) is 25.5 Å². The van der Waals surface area contributed by atoms with Crippen molar-refractivity contribution in [3.05, 3.63) is 29.3 Å². The fourth-order valence-corrected chi connectivity index (χ4v) is 1.38. The molecule has 1 aromatic carbocycles. The van der Waals surface area contributed by atoms with Crippen LogP contribution in [0.1, 0.15) is 22.8 Å². The van der Waals surface area contributed by atoms with E-state index in [1.165, 1.54) is 6.07 Å². The molecule has 0 saturated heterocycles. The minimum atomic E-state index is -1.08. The molecular formula is C13H14N2O3. The molecule has 0 fully saturated rings. The molecule has 0 saturated carbocycles. The van der Waals surface area contributed by atoms with Gasteiger partial charge in [-0.15, -0.1) is 5.92 Å². The smallest absolute Gasteiger partial charge is 0.337 e. The lowest BCUT2D eigenvalue weighted by atomic mass is 10.1. The van der Waals surface area contributed by atoms with Gasteiger partial charge in [-0.25, -0.2) is 9.59 Å². The number of hydrogen-bond donors (Lipinski definition) is 3. The molecule has 1 aromatic rings. The van der Waals surface area contributed by atoms with Gasteiger partial charge in [-0.2, -0.15) is 0 Å². The second-order valence-corrected chi connectivity index (χ2v) is 3.54. The summed E-state index contributed by atoms with van der Waals surface area (Å²) in [4.78, 5) is 22.6. The number of aryl methyl sites for hydroxylation is 1. The lowest BCUT2D eigenvalue weighted by Gasteiger charge is -2.11. The van der Waals surface area contributed by atoms with E-state index in [0.717, 1.165) is 0 Å². The first-order chi connectivity index (χ1) is 8.56. The number of carbonyl (C=O) groups excluding carboxylic acids is 1. The maximum Gasteiger partial charge on any atom is 0.337 e. The van der Waals surface area contributed by atoms with Crippen LogP contribution in [0.25, 0.3) is 0 Å². The van der Waals surface area contributed by atoms with Crippen LogP contribution in [0.2, 0.25) is 0 Å². The molecule has 0 aliphatic carbocycles. The number of para-hydroxylation sites is 1. The molecule has 0 unspecified atom stereocenters. The number of nitrogens with one attached hydrogen (secondary N) is 2. The quantitative estimate of drug-likeness (QED) is 0.712. The molecule has 0 heterocycles. The van der Waals surface area contributed by atoms with Crippen LogP contribution in [0, 0.1) is 18.8 Å². The number of urea groups is 1. The van der Waals surface area contributed by atoms with E-state index in [1.807, 2.05) is 0 Å². The number of anilines is 1. The number of amides is 2. The number of hydrogen-bond acceptors (Lipinski definition) is 2. The highest BCUT2D eigenvalue weighted by Gasteiger charge is 2.13. The molecule has 94 valence electrons. The molecule has 0 bridgehead atoms. The van der Waals surface area contributed by atoms with Crippen molar-refractivity contribution >= 4 is 17.7 Å². The molecule has 0 spiro atoms. The summed E-state index contributed by atoms with van der Waals surface area (Å²) in [7, 11) is 0. The van der Waals surface area contributed by atoms with Crippen molar-refractivity contribution in [2.24, 2.45) is 0 Å². The van der Waals surface area contributed by atoms with Gasteiger partial charge in [0.15, 0.2) is 0 Å². The van der Waals surface area contributed by atoms with Gasteiger partial charge in [-0.3, -0.25) is 0 Å². The third-order valence-electron chi connectivity index (χ3n) is 2.26. The summed E-state index contributed by atoms with van der Waals surface area (Å²) in [5, 5.41) is 14.1. The average Bonchev–Trinajstić information content (AvgIpc) is 2.31. The molecule has 0 aliphatic heterocycles. The first kappa shape index (κ1) is 13.6. The summed E-state index contributed by atoms with van der Waals surface area (Å²) in [5.74, 6) is 4.24. The van der Waals surface area contributed by atoms with Gasteiger partial charge >= 0.3 is 12.0 Å². The molecule has 0 aromatic heterocycles. The van der Waals surface area contributed by atoms with Gasteiger partial charge in [0.05, 0.1) is 17.8 Å². The third-order valence-corrected chi connectivity index (χ3v) is 2.26. The first-order valence-electron chi connectivity index (χ1n) is 5.33. The van der Waals surface area contributed by atoms with E-state index >= 15 is 0 Å². The molecule has 0 radical (unpaired) electrons. The largest absolute Gasteiger partial charge is 0.478 e. The van der Waals surface area contributed by atoms with Crippen LogP contribution < -0.4 is 10.6 Å². The van der Waals surface area contributed by atoms with E-state index in [1.54, 1.807) is 26.0 Å². The molecule has 2 amide bonds. The Balaban J connectivity index is 2.85. The molecule has 3 N–H and O–H groups in total. The lowest BCUT2D eigenvalue weighted by molar-refractivity contribution is 0.0698.